The van der Waals surface area contributed by atoms with Crippen LogP contribution in [0.4, 0.5) is 0 Å². The molecule has 34 heavy (non-hydrogen) atoms. The van der Waals surface area contributed by atoms with Gasteiger partial charge < -0.3 is 19.0 Å². The molecule has 0 spiro atoms. The molecular weight excluding hydrogens is 504 g/mol. The molecular formula is C25H19BrN2O6. The Labute approximate surface area is 202 Å². The standard InChI is InChI=1S/C25H19BrN2O6/c1-32-21-7-3-6-17(23(21)33-14-15-4-2-5-16(10-15)25(30)31)13-27-28-24(29)22-12-18-11-19(26)8-9-20(18)34-22/h2-13H,14H2,1H3,(H,28,29)(H,30,31)/b27-13+. The summed E-state index contributed by atoms with van der Waals surface area (Å²) in [6, 6.07) is 18.8. The fraction of sp³-hybridized carbons (Fsp3) is 0.0800. The Bertz CT molecular complexity index is 1400. The molecule has 172 valence electrons. The number of hydrazone groups is 1. The summed E-state index contributed by atoms with van der Waals surface area (Å²) < 4.78 is 17.8. The van der Waals surface area contributed by atoms with Gasteiger partial charge in [0.15, 0.2) is 17.3 Å². The minimum Gasteiger partial charge on any atom is -0.493 e. The molecule has 0 saturated carbocycles. The van der Waals surface area contributed by atoms with Crippen molar-refractivity contribution in [1.29, 1.82) is 0 Å². The van der Waals surface area contributed by atoms with Crippen LogP contribution in [0.25, 0.3) is 11.0 Å². The summed E-state index contributed by atoms with van der Waals surface area (Å²) in [6.07, 6.45) is 1.43. The zero-order valence-corrected chi connectivity index (χ0v) is 19.5. The third kappa shape index (κ3) is 5.26. The Kier molecular flexibility index (Phi) is 6.93. The minimum absolute atomic E-state index is 0.114. The first-order chi connectivity index (χ1) is 16.4. The van der Waals surface area contributed by atoms with Gasteiger partial charge in [-0.2, -0.15) is 5.10 Å². The largest absolute Gasteiger partial charge is 0.493 e. The van der Waals surface area contributed by atoms with E-state index in [9.17, 15) is 14.7 Å². The summed E-state index contributed by atoms with van der Waals surface area (Å²) in [7, 11) is 1.51. The summed E-state index contributed by atoms with van der Waals surface area (Å²) in [5.74, 6) is -0.519. The highest BCUT2D eigenvalue weighted by Crippen LogP contribution is 2.31. The fourth-order valence-electron chi connectivity index (χ4n) is 3.24. The van der Waals surface area contributed by atoms with Gasteiger partial charge in [-0.3, -0.25) is 4.79 Å². The van der Waals surface area contributed by atoms with Gasteiger partial charge in [0.05, 0.1) is 18.9 Å². The lowest BCUT2D eigenvalue weighted by atomic mass is 10.1. The van der Waals surface area contributed by atoms with Crippen molar-refractivity contribution >= 4 is 45.0 Å². The maximum atomic E-state index is 12.5. The van der Waals surface area contributed by atoms with Gasteiger partial charge in [0.1, 0.15) is 12.2 Å². The molecule has 0 bridgehead atoms. The number of carbonyl (C=O) groups is 2. The van der Waals surface area contributed by atoms with E-state index in [0.717, 1.165) is 9.86 Å². The lowest BCUT2D eigenvalue weighted by Crippen LogP contribution is -2.16. The number of fused-ring (bicyclic) bond motifs is 1. The third-order valence-electron chi connectivity index (χ3n) is 4.86. The summed E-state index contributed by atoms with van der Waals surface area (Å²) in [5, 5.41) is 14.0. The molecule has 9 heteroatoms. The predicted molar refractivity (Wildman–Crippen MR) is 130 cm³/mol. The van der Waals surface area contributed by atoms with Gasteiger partial charge in [-0.25, -0.2) is 10.2 Å². The lowest BCUT2D eigenvalue weighted by Gasteiger charge is -2.13. The molecule has 8 nitrogen and oxygen atoms in total. The van der Waals surface area contributed by atoms with Gasteiger partial charge in [0, 0.05) is 15.4 Å². The average molecular weight is 523 g/mol. The van der Waals surface area contributed by atoms with Crippen LogP contribution in [0.2, 0.25) is 0 Å². The second kappa shape index (κ2) is 10.2. The molecule has 3 aromatic carbocycles. The van der Waals surface area contributed by atoms with Crippen molar-refractivity contribution in [2.75, 3.05) is 7.11 Å². The Balaban J connectivity index is 1.49. The molecule has 0 aliphatic heterocycles. The molecule has 0 aliphatic carbocycles. The Morgan fingerprint density at radius 1 is 1.12 bits per heavy atom. The molecule has 1 heterocycles. The maximum absolute atomic E-state index is 12.5. The summed E-state index contributed by atoms with van der Waals surface area (Å²) in [5.41, 5.74) is 4.44. The van der Waals surface area contributed by atoms with E-state index in [1.165, 1.54) is 25.5 Å². The summed E-state index contributed by atoms with van der Waals surface area (Å²) in [6.45, 7) is 0.114. The van der Waals surface area contributed by atoms with E-state index < -0.39 is 11.9 Å². The van der Waals surface area contributed by atoms with Crippen LogP contribution in [0.15, 0.2) is 80.7 Å². The molecule has 0 aliphatic rings. The Hall–Kier alpha value is -4.11. The summed E-state index contributed by atoms with van der Waals surface area (Å²) in [4.78, 5) is 23.7. The molecule has 1 aromatic heterocycles. The minimum atomic E-state index is -1.01. The average Bonchev–Trinajstić information content (AvgIpc) is 3.26. The molecule has 1 amide bonds. The van der Waals surface area contributed by atoms with Crippen molar-refractivity contribution in [3.63, 3.8) is 0 Å². The van der Waals surface area contributed by atoms with Crippen LogP contribution >= 0.6 is 15.9 Å². The fourth-order valence-corrected chi connectivity index (χ4v) is 3.62. The number of benzene rings is 3. The number of aromatic carboxylic acids is 1. The van der Waals surface area contributed by atoms with Gasteiger partial charge in [-0.05, 0) is 54.1 Å². The Morgan fingerprint density at radius 3 is 2.74 bits per heavy atom. The number of methoxy groups -OCH3 is 1. The number of hydrogen-bond acceptors (Lipinski definition) is 6. The number of carboxylic acids is 1. The van der Waals surface area contributed by atoms with Crippen molar-refractivity contribution in [2.45, 2.75) is 6.61 Å². The van der Waals surface area contributed by atoms with Gasteiger partial charge >= 0.3 is 11.9 Å². The highest BCUT2D eigenvalue weighted by molar-refractivity contribution is 9.10. The number of amides is 1. The monoisotopic (exact) mass is 522 g/mol. The SMILES string of the molecule is COc1cccc(/C=N/NC(=O)c2cc3cc(Br)ccc3o2)c1OCc1cccc(C(=O)O)c1. The molecule has 0 atom stereocenters. The second-order valence-corrected chi connectivity index (χ2v) is 8.08. The van der Waals surface area contributed by atoms with Crippen molar-refractivity contribution in [3.05, 3.63) is 93.7 Å². The normalized spacial score (nSPS) is 11.0. The summed E-state index contributed by atoms with van der Waals surface area (Å²) >= 11 is 3.39. The Morgan fingerprint density at radius 2 is 1.94 bits per heavy atom. The van der Waals surface area contributed by atoms with E-state index in [1.54, 1.807) is 42.5 Å². The predicted octanol–water partition coefficient (Wildman–Crippen LogP) is 5.25. The lowest BCUT2D eigenvalue weighted by molar-refractivity contribution is 0.0696. The first-order valence-corrected chi connectivity index (χ1v) is 10.9. The number of rotatable bonds is 8. The molecule has 0 saturated heterocycles. The van der Waals surface area contributed by atoms with Crippen molar-refractivity contribution in [1.82, 2.24) is 5.43 Å². The van der Waals surface area contributed by atoms with Crippen LogP contribution < -0.4 is 14.9 Å². The topological polar surface area (TPSA) is 110 Å². The van der Waals surface area contributed by atoms with Gasteiger partial charge in [0.2, 0.25) is 0 Å². The van der Waals surface area contributed by atoms with Crippen LogP contribution in [-0.4, -0.2) is 30.3 Å². The number of para-hydroxylation sites is 1. The first-order valence-electron chi connectivity index (χ1n) is 10.1. The van der Waals surface area contributed by atoms with Crippen molar-refractivity contribution in [2.24, 2.45) is 5.10 Å². The highest BCUT2D eigenvalue weighted by atomic mass is 79.9. The van der Waals surface area contributed by atoms with E-state index >= 15 is 0 Å². The number of carboxylic acid groups (broad SMARTS) is 1. The zero-order valence-electron chi connectivity index (χ0n) is 17.9. The van der Waals surface area contributed by atoms with E-state index in [0.29, 0.717) is 28.2 Å². The molecule has 4 aromatic rings. The number of nitrogens with one attached hydrogen (secondary N) is 1. The number of hydrogen-bond donors (Lipinski definition) is 2. The van der Waals surface area contributed by atoms with Gasteiger partial charge in [-0.15, -0.1) is 0 Å². The quantitative estimate of drug-likeness (QED) is 0.241. The van der Waals surface area contributed by atoms with Crippen LogP contribution in [0.3, 0.4) is 0 Å². The smallest absolute Gasteiger partial charge is 0.335 e. The maximum Gasteiger partial charge on any atom is 0.335 e. The van der Waals surface area contributed by atoms with Gasteiger partial charge in [-0.1, -0.05) is 34.1 Å². The van der Waals surface area contributed by atoms with Crippen LogP contribution in [0, 0.1) is 0 Å². The van der Waals surface area contributed by atoms with E-state index in [4.69, 9.17) is 13.9 Å². The van der Waals surface area contributed by atoms with Crippen molar-refractivity contribution < 1.29 is 28.6 Å². The molecule has 4 rings (SSSR count). The second-order valence-electron chi connectivity index (χ2n) is 7.16. The molecule has 0 unspecified atom stereocenters. The first kappa shape index (κ1) is 23.1. The third-order valence-corrected chi connectivity index (χ3v) is 5.35. The number of carbonyl (C=O) groups excluding carboxylic acids is 1. The molecule has 0 fully saturated rings. The van der Waals surface area contributed by atoms with Crippen LogP contribution in [0.1, 0.15) is 32.0 Å². The van der Waals surface area contributed by atoms with E-state index in [-0.39, 0.29) is 17.9 Å². The zero-order chi connectivity index (χ0) is 24.1. The molecule has 0 radical (unpaired) electrons. The number of nitrogens with zero attached hydrogens (tertiary/aromatic N) is 1. The number of halogens is 1. The number of furan rings is 1. The van der Waals surface area contributed by atoms with Crippen LogP contribution in [-0.2, 0) is 6.61 Å². The number of ether oxygens (including phenoxy) is 2. The van der Waals surface area contributed by atoms with Crippen LogP contribution in [0.5, 0.6) is 11.5 Å². The van der Waals surface area contributed by atoms with Gasteiger partial charge in [0.25, 0.3) is 0 Å². The van der Waals surface area contributed by atoms with E-state index in [2.05, 4.69) is 26.5 Å². The highest BCUT2D eigenvalue weighted by Gasteiger charge is 2.13. The molecule has 2 N–H and O–H groups in total. The van der Waals surface area contributed by atoms with E-state index in [1.807, 2.05) is 12.1 Å². The van der Waals surface area contributed by atoms with Crippen molar-refractivity contribution in [3.8, 4) is 11.5 Å².